The Morgan fingerprint density at radius 2 is 2.11 bits per heavy atom. The second-order valence-corrected chi connectivity index (χ2v) is 7.32. The van der Waals surface area contributed by atoms with Crippen molar-refractivity contribution in [3.8, 4) is 0 Å². The van der Waals surface area contributed by atoms with Crippen LogP contribution in [0.1, 0.15) is 22.0 Å². The third-order valence-electron chi connectivity index (χ3n) is 2.71. The molecule has 1 atom stereocenters. The molecule has 0 bridgehead atoms. The molecule has 1 aromatic carbocycles. The van der Waals surface area contributed by atoms with Gasteiger partial charge in [0.15, 0.2) is 0 Å². The number of nitrogens with two attached hydrogens (primary N) is 1. The zero-order valence-electron chi connectivity index (χ0n) is 9.71. The topological polar surface area (TPSA) is 26.0 Å². The van der Waals surface area contributed by atoms with Crippen LogP contribution in [0.15, 0.2) is 32.5 Å². The van der Waals surface area contributed by atoms with E-state index in [2.05, 4.69) is 37.9 Å². The zero-order chi connectivity index (χ0) is 13.3. The molecule has 0 amide bonds. The van der Waals surface area contributed by atoms with Crippen molar-refractivity contribution < 1.29 is 4.39 Å². The third kappa shape index (κ3) is 3.02. The minimum atomic E-state index is -0.247. The number of thiophene rings is 1. The Balaban J connectivity index is 2.21. The molecule has 0 spiro atoms. The van der Waals surface area contributed by atoms with Gasteiger partial charge in [-0.2, -0.15) is 0 Å². The van der Waals surface area contributed by atoms with Crippen LogP contribution in [0.25, 0.3) is 0 Å². The fraction of sp³-hybridized carbons (Fsp3) is 0.231. The largest absolute Gasteiger partial charge is 0.323 e. The lowest BCUT2D eigenvalue weighted by molar-refractivity contribution is 0.614. The molecule has 2 aromatic rings. The normalized spacial score (nSPS) is 12.7. The van der Waals surface area contributed by atoms with E-state index < -0.39 is 0 Å². The quantitative estimate of drug-likeness (QED) is 0.784. The summed E-state index contributed by atoms with van der Waals surface area (Å²) < 4.78 is 15.0. The fourth-order valence-electron chi connectivity index (χ4n) is 1.71. The second kappa shape index (κ2) is 5.82. The number of hydrogen-bond donors (Lipinski definition) is 1. The molecular formula is C13H12Br2FNS. The van der Waals surface area contributed by atoms with Gasteiger partial charge in [-0.25, -0.2) is 4.39 Å². The smallest absolute Gasteiger partial charge is 0.137 e. The zero-order valence-corrected chi connectivity index (χ0v) is 13.7. The van der Waals surface area contributed by atoms with Crippen molar-refractivity contribution in [2.24, 2.45) is 5.73 Å². The maximum atomic E-state index is 13.4. The summed E-state index contributed by atoms with van der Waals surface area (Å²) in [6, 6.07) is 7.00. The summed E-state index contributed by atoms with van der Waals surface area (Å²) in [5.41, 5.74) is 8.25. The second-order valence-electron chi connectivity index (χ2n) is 4.13. The lowest BCUT2D eigenvalue weighted by Crippen LogP contribution is -2.12. The van der Waals surface area contributed by atoms with E-state index in [4.69, 9.17) is 5.73 Å². The molecule has 2 rings (SSSR count). The summed E-state index contributed by atoms with van der Waals surface area (Å²) in [6.45, 7) is 2.04. The summed E-state index contributed by atoms with van der Waals surface area (Å²) in [5.74, 6) is -0.247. The van der Waals surface area contributed by atoms with Crippen LogP contribution in [-0.4, -0.2) is 0 Å². The van der Waals surface area contributed by atoms with Crippen molar-refractivity contribution in [1.82, 2.24) is 0 Å². The average molecular weight is 393 g/mol. The summed E-state index contributed by atoms with van der Waals surface area (Å²) in [6.07, 6.45) is 0.616. The van der Waals surface area contributed by atoms with Gasteiger partial charge < -0.3 is 5.73 Å². The Hall–Kier alpha value is -0.230. The van der Waals surface area contributed by atoms with Crippen molar-refractivity contribution in [3.05, 3.63) is 54.3 Å². The van der Waals surface area contributed by atoms with E-state index >= 15 is 0 Å². The van der Waals surface area contributed by atoms with Crippen LogP contribution in [0, 0.1) is 12.7 Å². The molecule has 5 heteroatoms. The first-order chi connectivity index (χ1) is 8.49. The highest BCUT2D eigenvalue weighted by molar-refractivity contribution is 9.11. The third-order valence-corrected chi connectivity index (χ3v) is 5.87. The maximum absolute atomic E-state index is 13.4. The first-order valence-corrected chi connectivity index (χ1v) is 7.83. The number of benzene rings is 1. The molecule has 2 N–H and O–H groups in total. The lowest BCUT2D eigenvalue weighted by atomic mass is 10.0. The van der Waals surface area contributed by atoms with Crippen LogP contribution in [0.3, 0.4) is 0 Å². The van der Waals surface area contributed by atoms with E-state index in [-0.39, 0.29) is 11.9 Å². The molecule has 0 aliphatic heterocycles. The first-order valence-electron chi connectivity index (χ1n) is 5.43. The number of rotatable bonds is 3. The predicted molar refractivity (Wildman–Crippen MR) is 81.5 cm³/mol. The van der Waals surface area contributed by atoms with Gasteiger partial charge in [-0.15, -0.1) is 11.3 Å². The van der Waals surface area contributed by atoms with Gasteiger partial charge in [0.25, 0.3) is 0 Å². The lowest BCUT2D eigenvalue weighted by Gasteiger charge is -2.11. The minimum Gasteiger partial charge on any atom is -0.323 e. The van der Waals surface area contributed by atoms with Crippen LogP contribution in [0.4, 0.5) is 4.39 Å². The molecule has 0 saturated heterocycles. The molecule has 0 saturated carbocycles. The van der Waals surface area contributed by atoms with E-state index in [9.17, 15) is 4.39 Å². The van der Waals surface area contributed by atoms with Crippen molar-refractivity contribution in [1.29, 1.82) is 0 Å². The number of halogens is 3. The molecule has 0 aliphatic carbocycles. The first kappa shape index (κ1) is 14.2. The molecule has 0 radical (unpaired) electrons. The average Bonchev–Trinajstić information content (AvgIpc) is 2.66. The van der Waals surface area contributed by atoms with E-state index in [1.54, 1.807) is 17.4 Å². The Labute approximate surface area is 126 Å². The van der Waals surface area contributed by atoms with Crippen LogP contribution < -0.4 is 5.73 Å². The Morgan fingerprint density at radius 3 is 2.72 bits per heavy atom. The Bertz CT molecular complexity index is 549. The molecule has 1 unspecified atom stereocenters. The summed E-state index contributed by atoms with van der Waals surface area (Å²) >= 11 is 8.39. The number of hydrogen-bond acceptors (Lipinski definition) is 2. The Morgan fingerprint density at radius 1 is 1.39 bits per heavy atom. The van der Waals surface area contributed by atoms with E-state index in [1.807, 2.05) is 13.0 Å². The molecule has 1 nitrogen and oxygen atoms in total. The van der Waals surface area contributed by atoms with Gasteiger partial charge >= 0.3 is 0 Å². The molecule has 1 heterocycles. The van der Waals surface area contributed by atoms with Crippen LogP contribution in [0.5, 0.6) is 0 Å². The van der Waals surface area contributed by atoms with Gasteiger partial charge in [0.05, 0.1) is 8.26 Å². The highest BCUT2D eigenvalue weighted by Gasteiger charge is 2.14. The van der Waals surface area contributed by atoms with Gasteiger partial charge in [0.1, 0.15) is 5.82 Å². The van der Waals surface area contributed by atoms with Crippen molar-refractivity contribution in [2.45, 2.75) is 19.4 Å². The predicted octanol–water partition coefficient (Wildman–Crippen LogP) is 4.96. The fourth-order valence-corrected chi connectivity index (χ4v) is 3.71. The highest BCUT2D eigenvalue weighted by Crippen LogP contribution is 2.33. The monoisotopic (exact) mass is 391 g/mol. The van der Waals surface area contributed by atoms with Gasteiger partial charge in [0, 0.05) is 10.9 Å². The summed E-state index contributed by atoms with van der Waals surface area (Å²) in [4.78, 5) is 1.11. The Kier molecular flexibility index (Phi) is 4.59. The SMILES string of the molecule is Cc1cc(C(N)Cc2cccc(F)c2Br)sc1Br. The van der Waals surface area contributed by atoms with Crippen molar-refractivity contribution >= 4 is 43.2 Å². The highest BCUT2D eigenvalue weighted by atomic mass is 79.9. The molecule has 1 aromatic heterocycles. The molecule has 0 fully saturated rings. The summed E-state index contributed by atoms with van der Waals surface area (Å²) in [5, 5.41) is 0. The van der Waals surface area contributed by atoms with Crippen molar-refractivity contribution in [3.63, 3.8) is 0 Å². The minimum absolute atomic E-state index is 0.113. The maximum Gasteiger partial charge on any atom is 0.137 e. The van der Waals surface area contributed by atoms with Crippen LogP contribution >= 0.6 is 43.2 Å². The van der Waals surface area contributed by atoms with Gasteiger partial charge in [-0.3, -0.25) is 0 Å². The van der Waals surface area contributed by atoms with Crippen molar-refractivity contribution in [2.75, 3.05) is 0 Å². The van der Waals surface area contributed by atoms with Gasteiger partial charge in [-0.05, 0) is 68.5 Å². The van der Waals surface area contributed by atoms with Gasteiger partial charge in [-0.1, -0.05) is 12.1 Å². The number of aryl methyl sites for hydroxylation is 1. The van der Waals surface area contributed by atoms with Crippen LogP contribution in [0.2, 0.25) is 0 Å². The standard InChI is InChI=1S/C13H12Br2FNS/c1-7-5-11(18-13(7)15)10(17)6-8-3-2-4-9(16)12(8)14/h2-5,10H,6,17H2,1H3. The van der Waals surface area contributed by atoms with E-state index in [0.717, 1.165) is 14.2 Å². The summed E-state index contributed by atoms with van der Waals surface area (Å²) in [7, 11) is 0. The molecule has 96 valence electrons. The molecule has 18 heavy (non-hydrogen) atoms. The van der Waals surface area contributed by atoms with Crippen LogP contribution in [-0.2, 0) is 6.42 Å². The van der Waals surface area contributed by atoms with Gasteiger partial charge in [0.2, 0.25) is 0 Å². The molecule has 0 aliphatic rings. The van der Waals surface area contributed by atoms with E-state index in [1.165, 1.54) is 11.6 Å². The molecular weight excluding hydrogens is 381 g/mol. The van der Waals surface area contributed by atoms with E-state index in [0.29, 0.717) is 10.9 Å².